The van der Waals surface area contributed by atoms with E-state index in [2.05, 4.69) is 4.98 Å². The zero-order valence-electron chi connectivity index (χ0n) is 10.1. The molecule has 0 aromatic carbocycles. The lowest BCUT2D eigenvalue weighted by Crippen LogP contribution is -2.20. The SMILES string of the molecule is O=C(c1cc(Cl)cc2cncn12)C1CCCCC1. The number of rotatable bonds is 2. The maximum Gasteiger partial charge on any atom is 0.182 e. The van der Waals surface area contributed by atoms with Gasteiger partial charge in [-0.05, 0) is 25.0 Å². The number of carbonyl (C=O) groups excluding carboxylic acids is 1. The van der Waals surface area contributed by atoms with Gasteiger partial charge in [0.25, 0.3) is 0 Å². The Morgan fingerprint density at radius 1 is 1.28 bits per heavy atom. The summed E-state index contributed by atoms with van der Waals surface area (Å²) in [6.07, 6.45) is 8.97. The van der Waals surface area contributed by atoms with Crippen LogP contribution in [-0.2, 0) is 0 Å². The zero-order chi connectivity index (χ0) is 12.5. The van der Waals surface area contributed by atoms with Crippen molar-refractivity contribution in [3.8, 4) is 0 Å². The van der Waals surface area contributed by atoms with Gasteiger partial charge >= 0.3 is 0 Å². The fraction of sp³-hybridized carbons (Fsp3) is 0.429. The van der Waals surface area contributed by atoms with Crippen LogP contribution < -0.4 is 0 Å². The summed E-state index contributed by atoms with van der Waals surface area (Å²) in [7, 11) is 0. The molecule has 3 nitrogen and oxygen atoms in total. The van der Waals surface area contributed by atoms with Crippen molar-refractivity contribution in [3.05, 3.63) is 35.4 Å². The first-order valence-corrected chi connectivity index (χ1v) is 6.79. The summed E-state index contributed by atoms with van der Waals surface area (Å²) in [5.41, 5.74) is 1.54. The minimum absolute atomic E-state index is 0.155. The van der Waals surface area contributed by atoms with Crippen molar-refractivity contribution in [3.63, 3.8) is 0 Å². The van der Waals surface area contributed by atoms with Crippen molar-refractivity contribution in [2.75, 3.05) is 0 Å². The third-order valence-electron chi connectivity index (χ3n) is 3.72. The van der Waals surface area contributed by atoms with Gasteiger partial charge in [0.05, 0.1) is 23.7 Å². The van der Waals surface area contributed by atoms with E-state index in [9.17, 15) is 4.79 Å². The predicted molar refractivity (Wildman–Crippen MR) is 71.1 cm³/mol. The van der Waals surface area contributed by atoms with Crippen LogP contribution in [0.5, 0.6) is 0 Å². The van der Waals surface area contributed by atoms with Gasteiger partial charge in [0, 0.05) is 10.9 Å². The number of carbonyl (C=O) groups is 1. The molecule has 0 saturated heterocycles. The lowest BCUT2D eigenvalue weighted by Gasteiger charge is -2.20. The number of nitrogens with zero attached hydrogens (tertiary/aromatic N) is 2. The van der Waals surface area contributed by atoms with Crippen molar-refractivity contribution < 1.29 is 4.79 Å². The number of Topliss-reactive ketones (excluding diaryl/α,β-unsaturated/α-hetero) is 1. The Bertz CT molecular complexity index is 584. The quantitative estimate of drug-likeness (QED) is 0.773. The van der Waals surface area contributed by atoms with E-state index in [-0.39, 0.29) is 11.7 Å². The van der Waals surface area contributed by atoms with Gasteiger partial charge in [-0.2, -0.15) is 0 Å². The van der Waals surface area contributed by atoms with E-state index in [0.29, 0.717) is 10.7 Å². The maximum atomic E-state index is 12.6. The Morgan fingerprint density at radius 3 is 2.83 bits per heavy atom. The van der Waals surface area contributed by atoms with Gasteiger partial charge < -0.3 is 0 Å². The van der Waals surface area contributed by atoms with Crippen molar-refractivity contribution in [1.82, 2.24) is 9.38 Å². The molecule has 0 spiro atoms. The summed E-state index contributed by atoms with van der Waals surface area (Å²) in [4.78, 5) is 16.6. The third-order valence-corrected chi connectivity index (χ3v) is 3.93. The van der Waals surface area contributed by atoms with E-state index in [1.807, 2.05) is 10.5 Å². The van der Waals surface area contributed by atoms with Crippen molar-refractivity contribution in [1.29, 1.82) is 0 Å². The van der Waals surface area contributed by atoms with Crippen LogP contribution in [-0.4, -0.2) is 15.2 Å². The van der Waals surface area contributed by atoms with Gasteiger partial charge in [0.15, 0.2) is 5.78 Å². The van der Waals surface area contributed by atoms with E-state index in [4.69, 9.17) is 11.6 Å². The highest BCUT2D eigenvalue weighted by Crippen LogP contribution is 2.28. The molecule has 0 bridgehead atoms. The number of imidazole rings is 1. The minimum Gasteiger partial charge on any atom is -0.296 e. The maximum absolute atomic E-state index is 12.6. The molecule has 0 radical (unpaired) electrons. The molecule has 0 amide bonds. The van der Waals surface area contributed by atoms with Gasteiger partial charge in [0.2, 0.25) is 0 Å². The second-order valence-corrected chi connectivity index (χ2v) is 5.38. The van der Waals surface area contributed by atoms with E-state index in [0.717, 1.165) is 31.2 Å². The molecule has 0 aliphatic heterocycles. The molecule has 1 fully saturated rings. The number of aromatic nitrogens is 2. The van der Waals surface area contributed by atoms with E-state index < -0.39 is 0 Å². The summed E-state index contributed by atoms with van der Waals surface area (Å²) in [5.74, 6) is 0.364. The summed E-state index contributed by atoms with van der Waals surface area (Å²) in [5, 5.41) is 0.599. The van der Waals surface area contributed by atoms with Crippen molar-refractivity contribution in [2.45, 2.75) is 32.1 Å². The van der Waals surface area contributed by atoms with Gasteiger partial charge in [-0.15, -0.1) is 0 Å². The standard InChI is InChI=1S/C14H15ClN2O/c15-11-6-12-8-16-9-17(12)13(7-11)14(18)10-4-2-1-3-5-10/h6-10H,1-5H2. The Balaban J connectivity index is 2.02. The van der Waals surface area contributed by atoms with Crippen LogP contribution in [0.2, 0.25) is 5.02 Å². The second kappa shape index (κ2) is 4.73. The van der Waals surface area contributed by atoms with Gasteiger partial charge in [0.1, 0.15) is 0 Å². The van der Waals surface area contributed by atoms with Crippen LogP contribution in [0.1, 0.15) is 42.6 Å². The molecule has 94 valence electrons. The molecule has 2 heterocycles. The second-order valence-electron chi connectivity index (χ2n) is 4.95. The molecule has 1 aliphatic carbocycles. The van der Waals surface area contributed by atoms with Crippen LogP contribution in [0.25, 0.3) is 5.52 Å². The molecule has 18 heavy (non-hydrogen) atoms. The number of halogens is 1. The van der Waals surface area contributed by atoms with Crippen LogP contribution in [0.3, 0.4) is 0 Å². The molecule has 0 N–H and O–H groups in total. The fourth-order valence-electron chi connectivity index (χ4n) is 2.76. The number of pyridine rings is 1. The topological polar surface area (TPSA) is 34.4 Å². The predicted octanol–water partition coefficient (Wildman–Crippen LogP) is 3.75. The number of fused-ring (bicyclic) bond motifs is 1. The average molecular weight is 263 g/mol. The molecule has 3 rings (SSSR count). The highest BCUT2D eigenvalue weighted by atomic mass is 35.5. The van der Waals surface area contributed by atoms with E-state index in [1.165, 1.54) is 6.42 Å². The number of hydrogen-bond donors (Lipinski definition) is 0. The van der Waals surface area contributed by atoms with Gasteiger partial charge in [-0.3, -0.25) is 9.20 Å². The van der Waals surface area contributed by atoms with Crippen LogP contribution >= 0.6 is 11.6 Å². The Hall–Kier alpha value is -1.35. The highest BCUT2D eigenvalue weighted by molar-refractivity contribution is 6.31. The van der Waals surface area contributed by atoms with Crippen LogP contribution in [0, 0.1) is 5.92 Å². The lowest BCUT2D eigenvalue weighted by atomic mass is 9.85. The molecular formula is C14H15ClN2O. The summed E-state index contributed by atoms with van der Waals surface area (Å²) >= 11 is 6.07. The first-order chi connectivity index (χ1) is 8.75. The molecule has 0 unspecified atom stereocenters. The fourth-order valence-corrected chi connectivity index (χ4v) is 2.98. The minimum atomic E-state index is 0.155. The molecule has 2 aromatic rings. The third kappa shape index (κ3) is 2.03. The Morgan fingerprint density at radius 2 is 2.06 bits per heavy atom. The number of hydrogen-bond acceptors (Lipinski definition) is 2. The largest absolute Gasteiger partial charge is 0.296 e. The molecule has 1 aliphatic rings. The van der Waals surface area contributed by atoms with Crippen molar-refractivity contribution >= 4 is 22.9 Å². The van der Waals surface area contributed by atoms with Gasteiger partial charge in [-0.25, -0.2) is 4.98 Å². The zero-order valence-corrected chi connectivity index (χ0v) is 10.9. The summed E-state index contributed by atoms with van der Waals surface area (Å²) in [6.45, 7) is 0. The molecule has 2 aromatic heterocycles. The molecular weight excluding hydrogens is 248 g/mol. The lowest BCUT2D eigenvalue weighted by molar-refractivity contribution is 0.0883. The van der Waals surface area contributed by atoms with Crippen LogP contribution in [0.15, 0.2) is 24.7 Å². The van der Waals surface area contributed by atoms with Gasteiger partial charge in [-0.1, -0.05) is 30.9 Å². The monoisotopic (exact) mass is 262 g/mol. The molecule has 1 saturated carbocycles. The van der Waals surface area contributed by atoms with Crippen LogP contribution in [0.4, 0.5) is 0 Å². The smallest absolute Gasteiger partial charge is 0.182 e. The normalized spacial score (nSPS) is 17.2. The Labute approximate surface area is 111 Å². The van der Waals surface area contributed by atoms with E-state index in [1.54, 1.807) is 18.6 Å². The first-order valence-electron chi connectivity index (χ1n) is 6.41. The first kappa shape index (κ1) is 11.7. The summed E-state index contributed by atoms with van der Waals surface area (Å²) in [6, 6.07) is 3.58. The number of ketones is 1. The summed E-state index contributed by atoms with van der Waals surface area (Å²) < 4.78 is 1.84. The van der Waals surface area contributed by atoms with E-state index >= 15 is 0 Å². The van der Waals surface area contributed by atoms with Crippen molar-refractivity contribution in [2.24, 2.45) is 5.92 Å². The molecule has 4 heteroatoms. The highest BCUT2D eigenvalue weighted by Gasteiger charge is 2.24. The molecule has 0 atom stereocenters. The average Bonchev–Trinajstić information content (AvgIpc) is 2.86. The Kier molecular flexibility index (Phi) is 3.08.